The van der Waals surface area contributed by atoms with E-state index in [2.05, 4.69) is 47.2 Å². The van der Waals surface area contributed by atoms with Gasteiger partial charge in [-0.3, -0.25) is 20.3 Å². The minimum absolute atomic E-state index is 0.228. The first-order valence-electron chi connectivity index (χ1n) is 10.3. The Morgan fingerprint density at radius 3 is 2.62 bits per heavy atom. The summed E-state index contributed by atoms with van der Waals surface area (Å²) in [5, 5.41) is 8.36. The lowest BCUT2D eigenvalue weighted by Crippen LogP contribution is -2.52. The zero-order valence-electron chi connectivity index (χ0n) is 17.7. The normalized spacial score (nSPS) is 21.4. The van der Waals surface area contributed by atoms with Crippen LogP contribution in [0.4, 0.5) is 0 Å². The van der Waals surface area contributed by atoms with E-state index in [1.807, 2.05) is 36.7 Å². The van der Waals surface area contributed by atoms with Crippen LogP contribution < -0.4 is 16.2 Å². The van der Waals surface area contributed by atoms with E-state index in [9.17, 15) is 4.79 Å². The average molecular weight is 414 g/mol. The summed E-state index contributed by atoms with van der Waals surface area (Å²) in [6.45, 7) is 8.95. The molecule has 1 heterocycles. The third-order valence-electron chi connectivity index (χ3n) is 6.10. The van der Waals surface area contributed by atoms with Crippen molar-refractivity contribution in [2.45, 2.75) is 59.5 Å². The number of hydrazine groups is 1. The molecule has 1 aliphatic rings. The maximum atomic E-state index is 12.8. The highest BCUT2D eigenvalue weighted by Crippen LogP contribution is 2.29. The summed E-state index contributed by atoms with van der Waals surface area (Å²) in [5.74, 6) is 1.01. The van der Waals surface area contributed by atoms with Gasteiger partial charge < -0.3 is 5.32 Å². The van der Waals surface area contributed by atoms with Crippen molar-refractivity contribution in [1.29, 1.82) is 0 Å². The molecular formula is C22H31N5OS. The Hall–Kier alpha value is -2.41. The van der Waals surface area contributed by atoms with Crippen molar-refractivity contribution < 1.29 is 4.79 Å². The van der Waals surface area contributed by atoms with Gasteiger partial charge in [-0.15, -0.1) is 0 Å². The minimum atomic E-state index is -0.228. The largest absolute Gasteiger partial charge is 0.358 e. The van der Waals surface area contributed by atoms with Gasteiger partial charge in [0.15, 0.2) is 5.11 Å². The van der Waals surface area contributed by atoms with Crippen molar-refractivity contribution in [3.05, 3.63) is 52.8 Å². The van der Waals surface area contributed by atoms with Gasteiger partial charge in [0.1, 0.15) is 0 Å². The first-order valence-corrected chi connectivity index (χ1v) is 10.7. The second-order valence-electron chi connectivity index (χ2n) is 8.12. The molecule has 0 unspecified atom stereocenters. The van der Waals surface area contributed by atoms with Gasteiger partial charge in [-0.05, 0) is 49.9 Å². The molecule has 156 valence electrons. The second-order valence-corrected chi connectivity index (χ2v) is 8.52. The fourth-order valence-electron chi connectivity index (χ4n) is 4.10. The van der Waals surface area contributed by atoms with Gasteiger partial charge >= 0.3 is 0 Å². The zero-order valence-corrected chi connectivity index (χ0v) is 18.5. The first-order chi connectivity index (χ1) is 13.9. The maximum Gasteiger partial charge on any atom is 0.273 e. The van der Waals surface area contributed by atoms with Gasteiger partial charge in [0.05, 0.1) is 17.8 Å². The summed E-state index contributed by atoms with van der Waals surface area (Å²) in [6, 6.07) is 10.4. The van der Waals surface area contributed by atoms with Crippen molar-refractivity contribution >= 4 is 23.2 Å². The summed E-state index contributed by atoms with van der Waals surface area (Å²) in [6.07, 6.45) is 3.57. The predicted molar refractivity (Wildman–Crippen MR) is 120 cm³/mol. The lowest BCUT2D eigenvalue weighted by molar-refractivity contribution is 0.0942. The van der Waals surface area contributed by atoms with Crippen LogP contribution in [0.15, 0.2) is 30.3 Å². The molecule has 1 saturated carbocycles. The van der Waals surface area contributed by atoms with Crippen LogP contribution >= 0.6 is 12.2 Å². The third kappa shape index (κ3) is 5.15. The standard InChI is InChI=1S/C22H31N5OS/c1-14-9-8-12-19(15(14)2)23-22(29)25-24-21(28)20-16(3)26-27(17(20)4)13-18-10-6-5-7-11-18/h5-7,10-11,14-15,19H,8-9,12-13H2,1-4H3,(H,24,28)(H2,23,25,29)/t14-,15+,19+/m1/s1. The molecule has 7 heteroatoms. The van der Waals surface area contributed by atoms with E-state index in [-0.39, 0.29) is 5.91 Å². The smallest absolute Gasteiger partial charge is 0.273 e. The number of nitrogens with one attached hydrogen (secondary N) is 3. The quantitative estimate of drug-likeness (QED) is 0.529. The Bertz CT molecular complexity index is 864. The lowest BCUT2D eigenvalue weighted by Gasteiger charge is -2.35. The highest BCUT2D eigenvalue weighted by Gasteiger charge is 2.27. The van der Waals surface area contributed by atoms with Gasteiger partial charge in [0.25, 0.3) is 5.91 Å². The summed E-state index contributed by atoms with van der Waals surface area (Å²) >= 11 is 5.39. The second kappa shape index (κ2) is 9.39. The van der Waals surface area contributed by atoms with Gasteiger partial charge in [-0.1, -0.05) is 57.0 Å². The molecule has 1 fully saturated rings. The summed E-state index contributed by atoms with van der Waals surface area (Å²) in [5.41, 5.74) is 8.84. The van der Waals surface area contributed by atoms with Crippen LogP contribution in [0.25, 0.3) is 0 Å². The van der Waals surface area contributed by atoms with Crippen LogP contribution in [0.3, 0.4) is 0 Å². The zero-order chi connectivity index (χ0) is 21.0. The number of amides is 1. The molecule has 0 bridgehead atoms. The maximum absolute atomic E-state index is 12.8. The van der Waals surface area contributed by atoms with E-state index in [0.29, 0.717) is 40.8 Å². The van der Waals surface area contributed by atoms with Crippen molar-refractivity contribution in [2.24, 2.45) is 11.8 Å². The van der Waals surface area contributed by atoms with Crippen molar-refractivity contribution in [1.82, 2.24) is 25.9 Å². The molecule has 3 N–H and O–H groups in total. The number of thiocarbonyl (C=S) groups is 1. The van der Waals surface area contributed by atoms with Gasteiger partial charge in [0.2, 0.25) is 0 Å². The SMILES string of the molecule is Cc1nn(Cc2ccccc2)c(C)c1C(=O)NNC(=S)N[C@H]1CCC[C@@H](C)[C@@H]1C. The minimum Gasteiger partial charge on any atom is -0.358 e. The number of nitrogens with zero attached hydrogens (tertiary/aromatic N) is 2. The molecule has 1 aliphatic carbocycles. The number of aromatic nitrogens is 2. The van der Waals surface area contributed by atoms with E-state index < -0.39 is 0 Å². The number of carbonyl (C=O) groups excluding carboxylic acids is 1. The van der Waals surface area contributed by atoms with Crippen LogP contribution in [0, 0.1) is 25.7 Å². The van der Waals surface area contributed by atoms with Crippen molar-refractivity contribution in [3.8, 4) is 0 Å². The fourth-order valence-corrected chi connectivity index (χ4v) is 4.30. The molecule has 2 aromatic rings. The molecule has 0 saturated heterocycles. The summed E-state index contributed by atoms with van der Waals surface area (Å²) in [7, 11) is 0. The Kier molecular flexibility index (Phi) is 6.90. The number of benzene rings is 1. The van der Waals surface area contributed by atoms with E-state index in [0.717, 1.165) is 17.7 Å². The highest BCUT2D eigenvalue weighted by atomic mass is 32.1. The molecular weight excluding hydrogens is 382 g/mol. The van der Waals surface area contributed by atoms with Crippen molar-refractivity contribution in [3.63, 3.8) is 0 Å². The number of aryl methyl sites for hydroxylation is 1. The average Bonchev–Trinajstić information content (AvgIpc) is 2.97. The number of hydrogen-bond acceptors (Lipinski definition) is 3. The Balaban J connectivity index is 1.58. The molecule has 3 rings (SSSR count). The monoisotopic (exact) mass is 413 g/mol. The van der Waals surface area contributed by atoms with Crippen LogP contribution in [-0.2, 0) is 6.54 Å². The highest BCUT2D eigenvalue weighted by molar-refractivity contribution is 7.80. The third-order valence-corrected chi connectivity index (χ3v) is 6.32. The molecule has 6 nitrogen and oxygen atoms in total. The molecule has 1 aromatic heterocycles. The summed E-state index contributed by atoms with van der Waals surface area (Å²) < 4.78 is 1.86. The Labute approximate surface area is 178 Å². The van der Waals surface area contributed by atoms with E-state index in [4.69, 9.17) is 12.2 Å². The molecule has 0 spiro atoms. The van der Waals surface area contributed by atoms with Crippen molar-refractivity contribution in [2.75, 3.05) is 0 Å². The van der Waals surface area contributed by atoms with Crippen LogP contribution in [-0.4, -0.2) is 26.8 Å². The molecule has 29 heavy (non-hydrogen) atoms. The molecule has 1 amide bonds. The van der Waals surface area contributed by atoms with Gasteiger partial charge in [-0.25, -0.2) is 0 Å². The fraction of sp³-hybridized carbons (Fsp3) is 0.500. The molecule has 0 aliphatic heterocycles. The number of hydrogen-bond donors (Lipinski definition) is 3. The first kappa shape index (κ1) is 21.3. The van der Waals surface area contributed by atoms with Gasteiger partial charge in [0, 0.05) is 11.7 Å². The molecule has 0 radical (unpaired) electrons. The van der Waals surface area contributed by atoms with E-state index >= 15 is 0 Å². The Morgan fingerprint density at radius 1 is 1.17 bits per heavy atom. The van der Waals surface area contributed by atoms with Crippen LogP contribution in [0.2, 0.25) is 0 Å². The van der Waals surface area contributed by atoms with E-state index in [1.165, 1.54) is 12.8 Å². The Morgan fingerprint density at radius 2 is 1.90 bits per heavy atom. The molecule has 1 aromatic carbocycles. The predicted octanol–water partition coefficient (Wildman–Crippen LogP) is 3.48. The number of carbonyl (C=O) groups is 1. The van der Waals surface area contributed by atoms with E-state index in [1.54, 1.807) is 0 Å². The number of rotatable bonds is 4. The lowest BCUT2D eigenvalue weighted by atomic mass is 9.78. The van der Waals surface area contributed by atoms with Crippen LogP contribution in [0.5, 0.6) is 0 Å². The van der Waals surface area contributed by atoms with Crippen LogP contribution in [0.1, 0.15) is 60.4 Å². The topological polar surface area (TPSA) is 71.0 Å². The summed E-state index contributed by atoms with van der Waals surface area (Å²) in [4.78, 5) is 12.8. The van der Waals surface area contributed by atoms with Gasteiger partial charge in [-0.2, -0.15) is 5.10 Å². The molecule has 3 atom stereocenters.